The van der Waals surface area contributed by atoms with Crippen molar-refractivity contribution in [1.82, 2.24) is 5.32 Å². The van der Waals surface area contributed by atoms with Crippen molar-refractivity contribution in [2.24, 2.45) is 0 Å². The summed E-state index contributed by atoms with van der Waals surface area (Å²) in [6.07, 6.45) is 0. The first-order valence-electron chi connectivity index (χ1n) is 7.98. The fourth-order valence-corrected chi connectivity index (χ4v) is 3.91. The number of rotatable bonds is 5. The lowest BCUT2D eigenvalue weighted by atomic mass is 10.2. The van der Waals surface area contributed by atoms with Crippen LogP contribution in [0.4, 0.5) is 10.1 Å². The molecular weight excluding hydrogens is 345 g/mol. The summed E-state index contributed by atoms with van der Waals surface area (Å²) in [5.74, 6) is -0.256. The number of halogens is 1. The molecule has 3 N–H and O–H groups in total. The molecule has 1 aromatic carbocycles. The van der Waals surface area contributed by atoms with Crippen LogP contribution in [0.1, 0.15) is 10.9 Å². The molecule has 1 fully saturated rings. The third-order valence-corrected chi connectivity index (χ3v) is 5.32. The molecule has 2 aromatic rings. The molecule has 0 spiro atoms. The summed E-state index contributed by atoms with van der Waals surface area (Å²) in [5.41, 5.74) is 0.778. The van der Waals surface area contributed by atoms with Crippen molar-refractivity contribution >= 4 is 34.4 Å². The third-order valence-electron chi connectivity index (χ3n) is 4.08. The summed E-state index contributed by atoms with van der Waals surface area (Å²) in [7, 11) is 0. The zero-order valence-corrected chi connectivity index (χ0v) is 14.9. The Morgan fingerprint density at radius 2 is 2.00 bits per heavy atom. The molecule has 0 unspecified atom stereocenters. The van der Waals surface area contributed by atoms with E-state index in [0.717, 1.165) is 38.5 Å². The Labute approximate surface area is 150 Å². The van der Waals surface area contributed by atoms with Crippen LogP contribution < -0.4 is 15.5 Å². The molecule has 0 bridgehead atoms. The van der Waals surface area contributed by atoms with Crippen LogP contribution in [0, 0.1) is 5.82 Å². The van der Waals surface area contributed by atoms with Gasteiger partial charge in [0.2, 0.25) is 0 Å². The molecule has 7 heteroatoms. The van der Waals surface area contributed by atoms with Gasteiger partial charge in [0, 0.05) is 5.69 Å². The van der Waals surface area contributed by atoms with Gasteiger partial charge in [0.15, 0.2) is 5.11 Å². The van der Waals surface area contributed by atoms with Gasteiger partial charge in [-0.25, -0.2) is 4.39 Å². The zero-order chi connectivity index (χ0) is 16.8. The number of nitrogens with one attached hydrogen (secondary N) is 3. The molecule has 2 heterocycles. The van der Waals surface area contributed by atoms with Crippen LogP contribution in [-0.4, -0.2) is 38.0 Å². The Hall–Kier alpha value is -1.54. The number of benzene rings is 1. The van der Waals surface area contributed by atoms with Crippen molar-refractivity contribution in [2.45, 2.75) is 6.04 Å². The lowest BCUT2D eigenvalue weighted by molar-refractivity contribution is -0.937. The first-order chi connectivity index (χ1) is 11.7. The molecule has 4 nitrogen and oxygen atoms in total. The highest BCUT2D eigenvalue weighted by Crippen LogP contribution is 2.16. The molecular formula is C17H21FN3OS2+. The molecule has 1 atom stereocenters. The highest BCUT2D eigenvalue weighted by Gasteiger charge is 2.27. The van der Waals surface area contributed by atoms with E-state index in [0.29, 0.717) is 11.2 Å². The zero-order valence-electron chi connectivity index (χ0n) is 13.3. The van der Waals surface area contributed by atoms with Gasteiger partial charge < -0.3 is 20.3 Å². The van der Waals surface area contributed by atoms with Gasteiger partial charge >= 0.3 is 0 Å². The van der Waals surface area contributed by atoms with Gasteiger partial charge in [0.1, 0.15) is 24.9 Å². The minimum atomic E-state index is -0.256. The van der Waals surface area contributed by atoms with Crippen LogP contribution in [0.25, 0.3) is 0 Å². The van der Waals surface area contributed by atoms with E-state index in [-0.39, 0.29) is 5.82 Å². The third kappa shape index (κ3) is 4.73. The molecule has 1 aromatic heterocycles. The molecule has 0 saturated carbocycles. The standard InChI is InChI=1S/C17H20FN3OS2/c18-13-3-5-14(6-4-13)20-17(23)19-12-15(16-2-1-11-24-16)21-7-9-22-10-8-21/h1-6,11,15H,7-10,12H2,(H2,19,20,23)/p+1/t15-/m1/s1. The van der Waals surface area contributed by atoms with Crippen molar-refractivity contribution < 1.29 is 14.0 Å². The van der Waals surface area contributed by atoms with Gasteiger partial charge in [-0.3, -0.25) is 0 Å². The Balaban J connectivity index is 1.58. The second-order valence-electron chi connectivity index (χ2n) is 5.68. The molecule has 1 aliphatic rings. The van der Waals surface area contributed by atoms with E-state index < -0.39 is 0 Å². The minimum absolute atomic E-state index is 0.256. The van der Waals surface area contributed by atoms with E-state index >= 15 is 0 Å². The second-order valence-corrected chi connectivity index (χ2v) is 7.07. The molecule has 1 saturated heterocycles. The summed E-state index contributed by atoms with van der Waals surface area (Å²) in [4.78, 5) is 2.87. The number of morpholine rings is 1. The Morgan fingerprint density at radius 3 is 2.67 bits per heavy atom. The fraction of sp³-hybridized carbons (Fsp3) is 0.353. The summed E-state index contributed by atoms with van der Waals surface area (Å²) in [6, 6.07) is 10.8. The van der Waals surface area contributed by atoms with Crippen molar-refractivity contribution in [1.29, 1.82) is 0 Å². The maximum atomic E-state index is 13.0. The van der Waals surface area contributed by atoms with Crippen LogP contribution in [-0.2, 0) is 4.74 Å². The first-order valence-corrected chi connectivity index (χ1v) is 9.27. The number of anilines is 1. The molecule has 0 aliphatic carbocycles. The SMILES string of the molecule is Fc1ccc(NC(=S)NC[C@H](c2cccs2)[NH+]2CCOCC2)cc1. The molecule has 1 aliphatic heterocycles. The average molecular weight is 367 g/mol. The van der Waals surface area contributed by atoms with Crippen molar-refractivity contribution in [3.05, 3.63) is 52.5 Å². The summed E-state index contributed by atoms with van der Waals surface area (Å²) >= 11 is 7.15. The largest absolute Gasteiger partial charge is 0.370 e. The van der Waals surface area contributed by atoms with Crippen molar-refractivity contribution in [2.75, 3.05) is 38.2 Å². The molecule has 0 radical (unpaired) electrons. The van der Waals surface area contributed by atoms with Crippen LogP contribution in [0.2, 0.25) is 0 Å². The Bertz CT molecular complexity index is 642. The quantitative estimate of drug-likeness (QED) is 0.706. The number of quaternary nitrogens is 1. The maximum Gasteiger partial charge on any atom is 0.171 e. The van der Waals surface area contributed by atoms with Gasteiger partial charge in [-0.1, -0.05) is 6.07 Å². The fourth-order valence-electron chi connectivity index (χ4n) is 2.82. The second kappa shape index (κ2) is 8.53. The van der Waals surface area contributed by atoms with E-state index in [1.165, 1.54) is 21.9 Å². The van der Waals surface area contributed by atoms with Gasteiger partial charge in [0.25, 0.3) is 0 Å². The van der Waals surface area contributed by atoms with Crippen LogP contribution in [0.5, 0.6) is 0 Å². The normalized spacial score (nSPS) is 16.5. The lowest BCUT2D eigenvalue weighted by Crippen LogP contribution is -3.15. The van der Waals surface area contributed by atoms with E-state index in [1.54, 1.807) is 23.5 Å². The number of hydrogen-bond donors (Lipinski definition) is 3. The topological polar surface area (TPSA) is 37.7 Å². The molecule has 128 valence electrons. The average Bonchev–Trinajstić information content (AvgIpc) is 3.12. The van der Waals surface area contributed by atoms with E-state index in [2.05, 4.69) is 28.1 Å². The minimum Gasteiger partial charge on any atom is -0.370 e. The highest BCUT2D eigenvalue weighted by atomic mass is 32.1. The number of thiophene rings is 1. The van der Waals surface area contributed by atoms with E-state index in [1.807, 2.05) is 0 Å². The van der Waals surface area contributed by atoms with E-state index in [9.17, 15) is 4.39 Å². The molecule has 24 heavy (non-hydrogen) atoms. The predicted molar refractivity (Wildman–Crippen MR) is 99.2 cm³/mol. The van der Waals surface area contributed by atoms with Gasteiger partial charge in [-0.05, 0) is 47.9 Å². The lowest BCUT2D eigenvalue weighted by Gasteiger charge is -2.31. The molecule has 0 amide bonds. The van der Waals surface area contributed by atoms with Crippen molar-refractivity contribution in [3.63, 3.8) is 0 Å². The number of ether oxygens (including phenoxy) is 1. The van der Waals surface area contributed by atoms with Crippen LogP contribution in [0.3, 0.4) is 0 Å². The van der Waals surface area contributed by atoms with Gasteiger partial charge in [-0.15, -0.1) is 11.3 Å². The monoisotopic (exact) mass is 366 g/mol. The number of thiocarbonyl (C=S) groups is 1. The smallest absolute Gasteiger partial charge is 0.171 e. The summed E-state index contributed by atoms with van der Waals surface area (Å²) in [5, 5.41) is 9.06. The summed E-state index contributed by atoms with van der Waals surface area (Å²) < 4.78 is 18.4. The molecule has 3 rings (SSSR count). The van der Waals surface area contributed by atoms with Gasteiger partial charge in [-0.2, -0.15) is 0 Å². The maximum absolute atomic E-state index is 13.0. The van der Waals surface area contributed by atoms with E-state index in [4.69, 9.17) is 17.0 Å². The van der Waals surface area contributed by atoms with Crippen molar-refractivity contribution in [3.8, 4) is 0 Å². The Morgan fingerprint density at radius 1 is 1.25 bits per heavy atom. The predicted octanol–water partition coefficient (Wildman–Crippen LogP) is 1.83. The van der Waals surface area contributed by atoms with Crippen LogP contribution in [0.15, 0.2) is 41.8 Å². The number of hydrogen-bond acceptors (Lipinski definition) is 3. The highest BCUT2D eigenvalue weighted by molar-refractivity contribution is 7.80. The summed E-state index contributed by atoms with van der Waals surface area (Å²) in [6.45, 7) is 4.36. The van der Waals surface area contributed by atoms with Crippen LogP contribution >= 0.6 is 23.6 Å². The van der Waals surface area contributed by atoms with Gasteiger partial charge in [0.05, 0.1) is 24.6 Å². The Kier molecular flexibility index (Phi) is 6.14. The first kappa shape index (κ1) is 17.3.